The second-order valence-electron chi connectivity index (χ2n) is 9.16. The number of rotatable bonds is 8. The minimum atomic E-state index is -0.596. The Hall–Kier alpha value is -4.31. The number of ether oxygens (including phenoxy) is 1. The average Bonchev–Trinajstić information content (AvgIpc) is 3.18. The SMILES string of the molecule is COc1ccc(C)cc1NC1=C(Sc2ccc(NC(=O)c3ccc(Cl)cc3Cl)cc2)C(=O)N(c2ccc(F)cc2)C1=O. The van der Waals surface area contributed by atoms with Crippen LogP contribution in [0.3, 0.4) is 0 Å². The number of nitrogens with zero attached hydrogens (tertiary/aromatic N) is 1. The number of carbonyl (C=O) groups excluding carboxylic acids is 3. The molecule has 3 amide bonds. The van der Waals surface area contributed by atoms with Gasteiger partial charge >= 0.3 is 0 Å². The van der Waals surface area contributed by atoms with Crippen LogP contribution in [0.25, 0.3) is 0 Å². The molecule has 0 saturated carbocycles. The third kappa shape index (κ3) is 6.13. The lowest BCUT2D eigenvalue weighted by Gasteiger charge is -2.16. The van der Waals surface area contributed by atoms with E-state index in [0.717, 1.165) is 22.2 Å². The molecule has 4 aromatic carbocycles. The van der Waals surface area contributed by atoms with Gasteiger partial charge in [-0.25, -0.2) is 9.29 Å². The van der Waals surface area contributed by atoms with Crippen LogP contribution >= 0.6 is 35.0 Å². The average molecular weight is 623 g/mol. The summed E-state index contributed by atoms with van der Waals surface area (Å²) in [5.41, 5.74) is 2.46. The Morgan fingerprint density at radius 3 is 2.29 bits per heavy atom. The lowest BCUT2D eigenvalue weighted by molar-refractivity contribution is -0.120. The number of halogens is 3. The zero-order valence-corrected chi connectivity index (χ0v) is 24.5. The van der Waals surface area contributed by atoms with Crippen molar-refractivity contribution in [1.82, 2.24) is 0 Å². The number of benzene rings is 4. The van der Waals surface area contributed by atoms with Crippen LogP contribution in [0.2, 0.25) is 10.0 Å². The standard InChI is InChI=1S/C31H22Cl2FN3O4S/c1-17-3-14-26(41-2)25(15-17)36-27-28(31(40)37(30(27)39)21-9-5-19(34)6-10-21)42-22-11-7-20(8-12-22)35-29(38)23-13-4-18(32)16-24(23)33/h3-16,36H,1-2H3,(H,35,38). The number of thioether (sulfide) groups is 1. The molecule has 42 heavy (non-hydrogen) atoms. The summed E-state index contributed by atoms with van der Waals surface area (Å²) in [5.74, 6) is -1.58. The molecule has 0 unspecified atom stereocenters. The molecule has 0 atom stereocenters. The summed E-state index contributed by atoms with van der Waals surface area (Å²) in [7, 11) is 1.51. The molecule has 0 aliphatic carbocycles. The van der Waals surface area contributed by atoms with Crippen molar-refractivity contribution >= 4 is 69.7 Å². The van der Waals surface area contributed by atoms with Crippen LogP contribution in [-0.4, -0.2) is 24.8 Å². The van der Waals surface area contributed by atoms with Gasteiger partial charge in [-0.3, -0.25) is 14.4 Å². The van der Waals surface area contributed by atoms with Crippen molar-refractivity contribution in [2.75, 3.05) is 22.6 Å². The van der Waals surface area contributed by atoms with Crippen molar-refractivity contribution in [3.8, 4) is 5.75 Å². The molecule has 7 nitrogen and oxygen atoms in total. The van der Waals surface area contributed by atoms with Crippen LogP contribution in [0.5, 0.6) is 5.75 Å². The highest BCUT2D eigenvalue weighted by atomic mass is 35.5. The minimum absolute atomic E-state index is 0.0491. The monoisotopic (exact) mass is 621 g/mol. The van der Waals surface area contributed by atoms with Crippen molar-refractivity contribution in [3.63, 3.8) is 0 Å². The van der Waals surface area contributed by atoms with Crippen LogP contribution in [0, 0.1) is 12.7 Å². The van der Waals surface area contributed by atoms with Gasteiger partial charge in [-0.2, -0.15) is 0 Å². The summed E-state index contributed by atoms with van der Waals surface area (Å²) < 4.78 is 19.0. The first-order valence-electron chi connectivity index (χ1n) is 12.5. The van der Waals surface area contributed by atoms with Crippen LogP contribution in [0.15, 0.2) is 100 Å². The first kappa shape index (κ1) is 29.2. The number of imide groups is 1. The number of carbonyl (C=O) groups is 3. The maximum atomic E-state index is 13.6. The van der Waals surface area contributed by atoms with E-state index in [1.54, 1.807) is 42.5 Å². The molecule has 5 rings (SSSR count). The van der Waals surface area contributed by atoms with Gasteiger partial charge in [-0.1, -0.05) is 41.0 Å². The second-order valence-corrected chi connectivity index (χ2v) is 11.1. The molecular weight excluding hydrogens is 600 g/mol. The van der Waals surface area contributed by atoms with Gasteiger partial charge in [0.2, 0.25) is 0 Å². The largest absolute Gasteiger partial charge is 0.495 e. The maximum Gasteiger partial charge on any atom is 0.283 e. The predicted octanol–water partition coefficient (Wildman–Crippen LogP) is 7.69. The molecule has 0 aromatic heterocycles. The summed E-state index contributed by atoms with van der Waals surface area (Å²) in [6, 6.07) is 21.9. The molecule has 0 radical (unpaired) electrons. The van der Waals surface area contributed by atoms with E-state index in [2.05, 4.69) is 10.6 Å². The van der Waals surface area contributed by atoms with Crippen molar-refractivity contribution in [2.45, 2.75) is 11.8 Å². The Bertz CT molecular complexity index is 1740. The van der Waals surface area contributed by atoms with E-state index in [4.69, 9.17) is 27.9 Å². The van der Waals surface area contributed by atoms with Gasteiger partial charge in [-0.15, -0.1) is 0 Å². The molecule has 1 aliphatic heterocycles. The topological polar surface area (TPSA) is 87.7 Å². The van der Waals surface area contributed by atoms with Crippen LogP contribution in [-0.2, 0) is 9.59 Å². The third-order valence-electron chi connectivity index (χ3n) is 6.25. The number of methoxy groups -OCH3 is 1. The summed E-state index contributed by atoms with van der Waals surface area (Å²) >= 11 is 13.1. The fourth-order valence-electron chi connectivity index (χ4n) is 4.19. The van der Waals surface area contributed by atoms with Crippen LogP contribution < -0.4 is 20.3 Å². The highest BCUT2D eigenvalue weighted by Crippen LogP contribution is 2.39. The fraction of sp³-hybridized carbons (Fsp3) is 0.0645. The van der Waals surface area contributed by atoms with Crippen molar-refractivity contribution in [3.05, 3.63) is 123 Å². The Morgan fingerprint density at radius 1 is 0.905 bits per heavy atom. The zero-order valence-electron chi connectivity index (χ0n) is 22.2. The van der Waals surface area contributed by atoms with E-state index in [1.165, 1.54) is 43.5 Å². The molecule has 2 N–H and O–H groups in total. The van der Waals surface area contributed by atoms with Gasteiger partial charge in [-0.05, 0) is 91.3 Å². The van der Waals surface area contributed by atoms with Gasteiger partial charge in [0.05, 0.1) is 29.1 Å². The fourth-order valence-corrected chi connectivity index (χ4v) is 5.61. The van der Waals surface area contributed by atoms with Crippen molar-refractivity contribution in [2.24, 2.45) is 0 Å². The summed E-state index contributed by atoms with van der Waals surface area (Å²) in [6.45, 7) is 1.89. The van der Waals surface area contributed by atoms with Crippen LogP contribution in [0.1, 0.15) is 15.9 Å². The Balaban J connectivity index is 1.44. The van der Waals surface area contributed by atoms with Gasteiger partial charge in [0.1, 0.15) is 22.2 Å². The molecule has 0 fully saturated rings. The van der Waals surface area contributed by atoms with Gasteiger partial charge in [0.25, 0.3) is 17.7 Å². The van der Waals surface area contributed by atoms with Gasteiger partial charge in [0, 0.05) is 15.6 Å². The molecule has 0 spiro atoms. The van der Waals surface area contributed by atoms with Gasteiger partial charge < -0.3 is 15.4 Å². The normalized spacial score (nSPS) is 13.0. The first-order valence-corrected chi connectivity index (χ1v) is 14.1. The number of hydrogen-bond acceptors (Lipinski definition) is 6. The molecule has 4 aromatic rings. The zero-order chi connectivity index (χ0) is 30.0. The summed E-state index contributed by atoms with van der Waals surface area (Å²) in [5, 5.41) is 6.51. The highest BCUT2D eigenvalue weighted by Gasteiger charge is 2.40. The predicted molar refractivity (Wildman–Crippen MR) is 164 cm³/mol. The first-order chi connectivity index (χ1) is 20.1. The quantitative estimate of drug-likeness (QED) is 0.196. The smallest absolute Gasteiger partial charge is 0.283 e. The molecule has 0 bridgehead atoms. The van der Waals surface area contributed by atoms with E-state index < -0.39 is 23.5 Å². The van der Waals surface area contributed by atoms with Gasteiger partial charge in [0.15, 0.2) is 0 Å². The van der Waals surface area contributed by atoms with Crippen molar-refractivity contribution in [1.29, 1.82) is 0 Å². The van der Waals surface area contributed by atoms with E-state index in [9.17, 15) is 18.8 Å². The Kier molecular flexibility index (Phi) is 8.54. The number of anilines is 3. The van der Waals surface area contributed by atoms with Crippen LogP contribution in [0.4, 0.5) is 21.5 Å². The van der Waals surface area contributed by atoms with E-state index in [1.807, 2.05) is 13.0 Å². The lowest BCUT2D eigenvalue weighted by Crippen LogP contribution is -2.32. The number of hydrogen-bond donors (Lipinski definition) is 2. The molecule has 1 heterocycles. The molecule has 11 heteroatoms. The molecule has 0 saturated heterocycles. The van der Waals surface area contributed by atoms with E-state index in [-0.39, 0.29) is 26.9 Å². The number of aryl methyl sites for hydroxylation is 1. The highest BCUT2D eigenvalue weighted by molar-refractivity contribution is 8.04. The number of nitrogens with one attached hydrogen (secondary N) is 2. The molecular formula is C31H22Cl2FN3O4S. The second kappa shape index (κ2) is 12.3. The van der Waals surface area contributed by atoms with Crippen molar-refractivity contribution < 1.29 is 23.5 Å². The Labute approximate surface area is 255 Å². The summed E-state index contributed by atoms with van der Waals surface area (Å²) in [6.07, 6.45) is 0. The lowest BCUT2D eigenvalue weighted by atomic mass is 10.2. The minimum Gasteiger partial charge on any atom is -0.495 e. The molecule has 212 valence electrons. The molecule has 1 aliphatic rings. The maximum absolute atomic E-state index is 13.6. The third-order valence-corrected chi connectivity index (χ3v) is 7.89. The van der Waals surface area contributed by atoms with E-state index >= 15 is 0 Å². The summed E-state index contributed by atoms with van der Waals surface area (Å²) in [4.78, 5) is 41.7. The van der Waals surface area contributed by atoms with E-state index in [0.29, 0.717) is 27.0 Å². The number of amides is 3. The Morgan fingerprint density at radius 2 is 1.62 bits per heavy atom.